The van der Waals surface area contributed by atoms with Crippen molar-refractivity contribution < 1.29 is 19.1 Å². The van der Waals surface area contributed by atoms with Gasteiger partial charge in [-0.05, 0) is 50.2 Å². The molecule has 0 aliphatic carbocycles. The second-order valence-electron chi connectivity index (χ2n) is 6.14. The van der Waals surface area contributed by atoms with Crippen LogP contribution < -0.4 is 4.74 Å². The van der Waals surface area contributed by atoms with Gasteiger partial charge in [0.2, 0.25) is 0 Å². The van der Waals surface area contributed by atoms with E-state index in [1.807, 2.05) is 36.4 Å². The van der Waals surface area contributed by atoms with E-state index in [0.717, 1.165) is 0 Å². The van der Waals surface area contributed by atoms with Gasteiger partial charge >= 0.3 is 5.97 Å². The van der Waals surface area contributed by atoms with Crippen LogP contribution in [0.2, 0.25) is 0 Å². The number of hydrogen-bond donors (Lipinski definition) is 0. The average Bonchev–Trinajstić information content (AvgIpc) is 2.66. The van der Waals surface area contributed by atoms with Gasteiger partial charge in [0, 0.05) is 7.05 Å². The predicted octanol–water partition coefficient (Wildman–Crippen LogP) is 3.40. The lowest BCUT2D eigenvalue weighted by molar-refractivity contribution is -0.136. The third kappa shape index (κ3) is 4.84. The van der Waals surface area contributed by atoms with Crippen LogP contribution >= 0.6 is 0 Å². The number of hydrogen-bond acceptors (Lipinski definition) is 5. The molecule has 0 fully saturated rings. The summed E-state index contributed by atoms with van der Waals surface area (Å²) in [4.78, 5) is 25.3. The molecular formula is C20H20N2O4. The molecule has 0 bridgehead atoms. The van der Waals surface area contributed by atoms with Gasteiger partial charge in [0.25, 0.3) is 5.91 Å². The molecule has 0 aliphatic rings. The third-order valence-electron chi connectivity index (χ3n) is 3.88. The summed E-state index contributed by atoms with van der Waals surface area (Å²) < 4.78 is 10.7. The molecule has 0 spiro atoms. The number of amides is 1. The first-order chi connectivity index (χ1) is 12.3. The lowest BCUT2D eigenvalue weighted by Crippen LogP contribution is -2.45. The minimum Gasteiger partial charge on any atom is -0.457 e. The maximum absolute atomic E-state index is 12.1. The zero-order valence-electron chi connectivity index (χ0n) is 14.9. The van der Waals surface area contributed by atoms with Gasteiger partial charge in [0.1, 0.15) is 17.0 Å². The monoisotopic (exact) mass is 352 g/mol. The normalized spacial score (nSPS) is 10.5. The molecule has 2 aromatic carbocycles. The molecule has 0 aromatic heterocycles. The molecule has 0 atom stereocenters. The largest absolute Gasteiger partial charge is 0.457 e. The number of carbonyl (C=O) groups is 2. The highest BCUT2D eigenvalue weighted by Gasteiger charge is 2.27. The number of para-hydroxylation sites is 1. The Morgan fingerprint density at radius 2 is 1.62 bits per heavy atom. The van der Waals surface area contributed by atoms with Crippen LogP contribution in [0.25, 0.3) is 0 Å². The Labute approximate surface area is 152 Å². The minimum atomic E-state index is -0.972. The lowest BCUT2D eigenvalue weighted by Gasteiger charge is -2.28. The molecule has 0 heterocycles. The quantitative estimate of drug-likeness (QED) is 0.745. The van der Waals surface area contributed by atoms with E-state index in [-0.39, 0.29) is 0 Å². The Hall–Kier alpha value is -3.33. The first-order valence-electron chi connectivity index (χ1n) is 8.01. The fourth-order valence-electron chi connectivity index (χ4n) is 1.98. The van der Waals surface area contributed by atoms with E-state index in [2.05, 4.69) is 0 Å². The topological polar surface area (TPSA) is 79.6 Å². The zero-order valence-corrected chi connectivity index (χ0v) is 14.9. The van der Waals surface area contributed by atoms with Crippen molar-refractivity contribution in [1.29, 1.82) is 5.26 Å². The maximum Gasteiger partial charge on any atom is 0.338 e. The summed E-state index contributed by atoms with van der Waals surface area (Å²) in [5.74, 6) is 0.206. The van der Waals surface area contributed by atoms with Crippen molar-refractivity contribution in [3.05, 3.63) is 60.2 Å². The summed E-state index contributed by atoms with van der Waals surface area (Å²) in [5, 5.41) is 9.04. The average molecular weight is 352 g/mol. The van der Waals surface area contributed by atoms with Crippen molar-refractivity contribution in [2.75, 3.05) is 13.7 Å². The van der Waals surface area contributed by atoms with Crippen LogP contribution in [0.1, 0.15) is 24.2 Å². The predicted molar refractivity (Wildman–Crippen MR) is 95.7 cm³/mol. The first kappa shape index (κ1) is 19.0. The molecule has 0 saturated heterocycles. The Kier molecular flexibility index (Phi) is 5.97. The third-order valence-corrected chi connectivity index (χ3v) is 3.88. The van der Waals surface area contributed by atoms with Gasteiger partial charge in [-0.3, -0.25) is 4.79 Å². The molecular weight excluding hydrogens is 332 g/mol. The lowest BCUT2D eigenvalue weighted by atomic mass is 10.1. The molecule has 0 N–H and O–H groups in total. The molecule has 0 unspecified atom stereocenters. The van der Waals surface area contributed by atoms with Gasteiger partial charge in [-0.15, -0.1) is 0 Å². The number of benzene rings is 2. The summed E-state index contributed by atoms with van der Waals surface area (Å²) in [7, 11) is 1.50. The zero-order chi connectivity index (χ0) is 19.2. The van der Waals surface area contributed by atoms with Crippen LogP contribution in [0.3, 0.4) is 0 Å². The summed E-state index contributed by atoms with van der Waals surface area (Å²) in [6.07, 6.45) is 0. The number of rotatable bonds is 6. The van der Waals surface area contributed by atoms with E-state index in [1.54, 1.807) is 38.1 Å². The highest BCUT2D eigenvalue weighted by atomic mass is 16.5. The molecule has 2 rings (SSSR count). The molecule has 2 aromatic rings. The van der Waals surface area contributed by atoms with Crippen LogP contribution in [0.15, 0.2) is 54.6 Å². The Balaban J connectivity index is 1.92. The van der Waals surface area contributed by atoms with Crippen molar-refractivity contribution in [2.45, 2.75) is 19.4 Å². The van der Waals surface area contributed by atoms with Crippen molar-refractivity contribution in [2.24, 2.45) is 0 Å². The van der Waals surface area contributed by atoms with E-state index in [0.29, 0.717) is 17.1 Å². The van der Waals surface area contributed by atoms with Crippen LogP contribution in [0.4, 0.5) is 0 Å². The molecule has 0 radical (unpaired) electrons. The summed E-state index contributed by atoms with van der Waals surface area (Å²) in [6.45, 7) is 2.79. The highest BCUT2D eigenvalue weighted by Crippen LogP contribution is 2.21. The van der Waals surface area contributed by atoms with E-state index in [9.17, 15) is 9.59 Å². The van der Waals surface area contributed by atoms with Gasteiger partial charge in [0.05, 0.1) is 11.6 Å². The molecule has 0 aliphatic heterocycles. The number of nitrogens with zero attached hydrogens (tertiary/aromatic N) is 2. The number of likely N-dealkylation sites (N-methyl/N-ethyl adjacent to an activating group) is 1. The van der Waals surface area contributed by atoms with E-state index >= 15 is 0 Å². The van der Waals surface area contributed by atoms with Crippen molar-refractivity contribution >= 4 is 11.9 Å². The van der Waals surface area contributed by atoms with Gasteiger partial charge < -0.3 is 14.4 Å². The molecule has 6 nitrogen and oxygen atoms in total. The Bertz CT molecular complexity index is 808. The molecule has 1 amide bonds. The number of ether oxygens (including phenoxy) is 2. The Morgan fingerprint density at radius 3 is 2.19 bits per heavy atom. The van der Waals surface area contributed by atoms with Crippen molar-refractivity contribution in [3.8, 4) is 17.6 Å². The van der Waals surface area contributed by atoms with Gasteiger partial charge in [-0.25, -0.2) is 4.79 Å². The van der Waals surface area contributed by atoms with E-state index < -0.39 is 24.0 Å². The fraction of sp³-hybridized carbons (Fsp3) is 0.250. The van der Waals surface area contributed by atoms with Crippen molar-refractivity contribution in [1.82, 2.24) is 4.90 Å². The maximum atomic E-state index is 12.1. The molecule has 0 saturated carbocycles. The highest BCUT2D eigenvalue weighted by molar-refractivity contribution is 5.91. The minimum absolute atomic E-state index is 0.306. The summed E-state index contributed by atoms with van der Waals surface area (Å²) in [6, 6.07) is 17.7. The molecule has 134 valence electrons. The second kappa shape index (κ2) is 8.17. The van der Waals surface area contributed by atoms with Crippen LogP contribution in [-0.2, 0) is 9.53 Å². The van der Waals surface area contributed by atoms with Gasteiger partial charge in [-0.1, -0.05) is 18.2 Å². The second-order valence-corrected chi connectivity index (χ2v) is 6.14. The van der Waals surface area contributed by atoms with Crippen molar-refractivity contribution in [3.63, 3.8) is 0 Å². The number of nitriles is 1. The van der Waals surface area contributed by atoms with Crippen LogP contribution in [0, 0.1) is 11.3 Å². The number of esters is 1. The SMILES string of the molecule is CN(C(=O)COC(=O)c1ccc(Oc2ccccc2)cc1)C(C)(C)C#N. The first-order valence-corrected chi connectivity index (χ1v) is 8.01. The standard InChI is InChI=1S/C20H20N2O4/c1-20(2,14-21)22(3)18(23)13-25-19(24)15-9-11-17(12-10-15)26-16-7-5-4-6-8-16/h4-12H,13H2,1-3H3. The summed E-state index contributed by atoms with van der Waals surface area (Å²) >= 11 is 0. The number of carbonyl (C=O) groups excluding carboxylic acids is 2. The Morgan fingerprint density at radius 1 is 1.04 bits per heavy atom. The van der Waals surface area contributed by atoms with Crippen LogP contribution in [-0.4, -0.2) is 36.0 Å². The van der Waals surface area contributed by atoms with E-state index in [1.165, 1.54) is 11.9 Å². The fourth-order valence-corrected chi connectivity index (χ4v) is 1.98. The van der Waals surface area contributed by atoms with E-state index in [4.69, 9.17) is 14.7 Å². The molecule has 26 heavy (non-hydrogen) atoms. The van der Waals surface area contributed by atoms with Gasteiger partial charge in [-0.2, -0.15) is 5.26 Å². The summed E-state index contributed by atoms with van der Waals surface area (Å²) in [5.41, 5.74) is -0.666. The molecule has 6 heteroatoms. The van der Waals surface area contributed by atoms with Gasteiger partial charge in [0.15, 0.2) is 6.61 Å². The smallest absolute Gasteiger partial charge is 0.338 e. The van der Waals surface area contributed by atoms with Crippen LogP contribution in [0.5, 0.6) is 11.5 Å².